The minimum absolute atomic E-state index is 0.119. The number of nitrogens with zero attached hydrogens (tertiary/aromatic N) is 1. The fourth-order valence-corrected chi connectivity index (χ4v) is 2.29. The molecule has 1 heterocycles. The van der Waals surface area contributed by atoms with Gasteiger partial charge in [0.25, 0.3) is 0 Å². The van der Waals surface area contributed by atoms with Crippen LogP contribution >= 0.6 is 0 Å². The molecule has 1 aliphatic rings. The Labute approximate surface area is 125 Å². The number of likely N-dealkylation sites (tertiary alicyclic amines) is 1. The maximum atomic E-state index is 12.3. The van der Waals surface area contributed by atoms with Crippen molar-refractivity contribution in [1.82, 2.24) is 4.90 Å². The highest BCUT2D eigenvalue weighted by Gasteiger charge is 2.27. The van der Waals surface area contributed by atoms with Crippen LogP contribution in [0.1, 0.15) is 12.8 Å². The number of urea groups is 1. The van der Waals surface area contributed by atoms with Gasteiger partial charge in [0.2, 0.25) is 0 Å². The quantitative estimate of drug-likeness (QED) is 0.895. The summed E-state index contributed by atoms with van der Waals surface area (Å²) in [6.45, 7) is -2.37. The number of hydrogen-bond acceptors (Lipinski definition) is 3. The Kier molecular flexibility index (Phi) is 5.13. The van der Waals surface area contributed by atoms with E-state index in [1.165, 1.54) is 23.1 Å². The van der Waals surface area contributed by atoms with E-state index in [1.54, 1.807) is 6.07 Å². The molecule has 0 spiro atoms. The minimum Gasteiger partial charge on any atom is -0.481 e. The van der Waals surface area contributed by atoms with Crippen LogP contribution < -0.4 is 10.1 Å². The van der Waals surface area contributed by atoms with E-state index in [1.807, 2.05) is 0 Å². The maximum Gasteiger partial charge on any atom is 0.387 e. The number of halogens is 2. The van der Waals surface area contributed by atoms with E-state index in [2.05, 4.69) is 10.1 Å². The first-order valence-corrected chi connectivity index (χ1v) is 6.80. The summed E-state index contributed by atoms with van der Waals surface area (Å²) in [5.74, 6) is -1.43. The molecule has 22 heavy (non-hydrogen) atoms. The number of carbonyl (C=O) groups is 2. The SMILES string of the molecule is O=C(O)C1CCN(C(=O)Nc2ccccc2OC(F)F)CC1. The molecule has 0 bridgehead atoms. The first-order valence-electron chi connectivity index (χ1n) is 6.80. The molecular formula is C14H16F2N2O4. The van der Waals surface area contributed by atoms with Crippen LogP contribution in [0.3, 0.4) is 0 Å². The molecular weight excluding hydrogens is 298 g/mol. The Bertz CT molecular complexity index is 545. The zero-order valence-corrected chi connectivity index (χ0v) is 11.7. The van der Waals surface area contributed by atoms with Crippen LogP contribution in [0, 0.1) is 5.92 Å². The van der Waals surface area contributed by atoms with Crippen molar-refractivity contribution < 1.29 is 28.2 Å². The van der Waals surface area contributed by atoms with Gasteiger partial charge >= 0.3 is 18.6 Å². The summed E-state index contributed by atoms with van der Waals surface area (Å²) in [6, 6.07) is 5.43. The molecule has 1 saturated heterocycles. The predicted molar refractivity (Wildman–Crippen MR) is 74.0 cm³/mol. The van der Waals surface area contributed by atoms with Crippen molar-refractivity contribution in [2.75, 3.05) is 18.4 Å². The van der Waals surface area contributed by atoms with E-state index in [-0.39, 0.29) is 11.4 Å². The van der Waals surface area contributed by atoms with Crippen molar-refractivity contribution >= 4 is 17.7 Å². The van der Waals surface area contributed by atoms with Gasteiger partial charge in [0.15, 0.2) is 0 Å². The average Bonchev–Trinajstić information content (AvgIpc) is 2.48. The molecule has 0 saturated carbocycles. The lowest BCUT2D eigenvalue weighted by Gasteiger charge is -2.30. The van der Waals surface area contributed by atoms with Crippen LogP contribution in [-0.2, 0) is 4.79 Å². The number of alkyl halides is 2. The molecule has 8 heteroatoms. The van der Waals surface area contributed by atoms with Crippen molar-refractivity contribution in [3.05, 3.63) is 24.3 Å². The van der Waals surface area contributed by atoms with E-state index in [4.69, 9.17) is 5.11 Å². The number of ether oxygens (including phenoxy) is 1. The molecule has 0 unspecified atom stereocenters. The van der Waals surface area contributed by atoms with Gasteiger partial charge in [-0.05, 0) is 25.0 Å². The first-order chi connectivity index (χ1) is 10.5. The molecule has 1 aromatic rings. The lowest BCUT2D eigenvalue weighted by Crippen LogP contribution is -2.42. The monoisotopic (exact) mass is 314 g/mol. The Hall–Kier alpha value is -2.38. The summed E-state index contributed by atoms with van der Waals surface area (Å²) in [5, 5.41) is 11.4. The molecule has 1 aromatic carbocycles. The maximum absolute atomic E-state index is 12.3. The van der Waals surface area contributed by atoms with Crippen molar-refractivity contribution in [1.29, 1.82) is 0 Å². The molecule has 0 radical (unpaired) electrons. The number of para-hydroxylation sites is 2. The molecule has 0 atom stereocenters. The largest absolute Gasteiger partial charge is 0.481 e. The molecule has 2 amide bonds. The minimum atomic E-state index is -2.98. The van der Waals surface area contributed by atoms with E-state index in [9.17, 15) is 18.4 Å². The number of carboxylic acid groups (broad SMARTS) is 1. The molecule has 1 aliphatic heterocycles. The number of benzene rings is 1. The Morgan fingerprint density at radius 2 is 1.91 bits per heavy atom. The second kappa shape index (κ2) is 7.06. The van der Waals surface area contributed by atoms with Gasteiger partial charge < -0.3 is 20.1 Å². The van der Waals surface area contributed by atoms with Gasteiger partial charge in [0.05, 0.1) is 11.6 Å². The molecule has 2 N–H and O–H groups in total. The van der Waals surface area contributed by atoms with Crippen LogP contribution in [0.15, 0.2) is 24.3 Å². The van der Waals surface area contributed by atoms with Crippen LogP contribution in [0.4, 0.5) is 19.3 Å². The number of nitrogens with one attached hydrogen (secondary N) is 1. The molecule has 120 valence electrons. The second-order valence-corrected chi connectivity index (χ2v) is 4.90. The number of hydrogen-bond donors (Lipinski definition) is 2. The van der Waals surface area contributed by atoms with E-state index in [0.717, 1.165) is 0 Å². The third-order valence-corrected chi connectivity index (χ3v) is 3.48. The zero-order chi connectivity index (χ0) is 16.1. The van der Waals surface area contributed by atoms with Crippen molar-refractivity contribution in [3.8, 4) is 5.75 Å². The number of anilines is 1. The Balaban J connectivity index is 1.97. The topological polar surface area (TPSA) is 78.9 Å². The third-order valence-electron chi connectivity index (χ3n) is 3.48. The van der Waals surface area contributed by atoms with Crippen molar-refractivity contribution in [2.45, 2.75) is 19.5 Å². The smallest absolute Gasteiger partial charge is 0.387 e. The van der Waals surface area contributed by atoms with Crippen LogP contribution in [0.25, 0.3) is 0 Å². The normalized spacial score (nSPS) is 15.7. The number of aliphatic carboxylic acids is 1. The number of carboxylic acids is 1. The van der Waals surface area contributed by atoms with E-state index >= 15 is 0 Å². The molecule has 6 nitrogen and oxygen atoms in total. The predicted octanol–water partition coefficient (Wildman–Crippen LogP) is 2.62. The van der Waals surface area contributed by atoms with E-state index in [0.29, 0.717) is 25.9 Å². The number of rotatable bonds is 4. The Morgan fingerprint density at radius 3 is 2.50 bits per heavy atom. The number of carbonyl (C=O) groups excluding carboxylic acids is 1. The van der Waals surface area contributed by atoms with Gasteiger partial charge in [-0.1, -0.05) is 12.1 Å². The van der Waals surface area contributed by atoms with Gasteiger partial charge in [-0.25, -0.2) is 4.79 Å². The molecule has 2 rings (SSSR count). The van der Waals surface area contributed by atoms with Crippen molar-refractivity contribution in [2.24, 2.45) is 5.92 Å². The standard InChI is InChI=1S/C14H16F2N2O4/c15-13(16)22-11-4-2-1-3-10(11)17-14(21)18-7-5-9(6-8-18)12(19)20/h1-4,9,13H,5-8H2,(H,17,21)(H,19,20). The lowest BCUT2D eigenvalue weighted by atomic mass is 9.97. The summed E-state index contributed by atoms with van der Waals surface area (Å²) < 4.78 is 29.0. The summed E-state index contributed by atoms with van der Waals surface area (Å²) in [7, 11) is 0. The molecule has 0 aliphatic carbocycles. The Morgan fingerprint density at radius 1 is 1.27 bits per heavy atom. The molecule has 0 aromatic heterocycles. The number of piperidine rings is 1. The van der Waals surface area contributed by atoms with Gasteiger partial charge in [-0.3, -0.25) is 4.79 Å². The van der Waals surface area contributed by atoms with Crippen molar-refractivity contribution in [3.63, 3.8) is 0 Å². The highest BCUT2D eigenvalue weighted by molar-refractivity contribution is 5.91. The van der Waals surface area contributed by atoms with Crippen LogP contribution in [-0.4, -0.2) is 41.7 Å². The fourth-order valence-electron chi connectivity index (χ4n) is 2.29. The second-order valence-electron chi connectivity index (χ2n) is 4.90. The fraction of sp³-hybridized carbons (Fsp3) is 0.429. The molecule has 1 fully saturated rings. The van der Waals surface area contributed by atoms with E-state index < -0.39 is 24.5 Å². The average molecular weight is 314 g/mol. The summed E-state index contributed by atoms with van der Waals surface area (Å²) in [6.07, 6.45) is 0.746. The highest BCUT2D eigenvalue weighted by atomic mass is 19.3. The lowest BCUT2D eigenvalue weighted by molar-refractivity contribution is -0.143. The van der Waals surface area contributed by atoms with Gasteiger partial charge in [-0.2, -0.15) is 8.78 Å². The van der Waals surface area contributed by atoms with Gasteiger partial charge in [-0.15, -0.1) is 0 Å². The first kappa shape index (κ1) is 16.0. The summed E-state index contributed by atoms with van der Waals surface area (Å²) in [4.78, 5) is 24.4. The van der Waals surface area contributed by atoms with Crippen LogP contribution in [0.5, 0.6) is 5.75 Å². The van der Waals surface area contributed by atoms with Gasteiger partial charge in [0, 0.05) is 13.1 Å². The van der Waals surface area contributed by atoms with Gasteiger partial charge in [0.1, 0.15) is 5.75 Å². The third kappa shape index (κ3) is 4.06. The van der Waals surface area contributed by atoms with Crippen LogP contribution in [0.2, 0.25) is 0 Å². The summed E-state index contributed by atoms with van der Waals surface area (Å²) in [5.41, 5.74) is 0.146. The zero-order valence-electron chi connectivity index (χ0n) is 11.7. The summed E-state index contributed by atoms with van der Waals surface area (Å²) >= 11 is 0. The number of amides is 2. The highest BCUT2D eigenvalue weighted by Crippen LogP contribution is 2.26.